The molecule has 0 atom stereocenters. The van der Waals surface area contributed by atoms with Crippen LogP contribution in [0, 0.1) is 0 Å². The zero-order valence-corrected chi connectivity index (χ0v) is 14.6. The van der Waals surface area contributed by atoms with Crippen LogP contribution in [0.2, 0.25) is 0 Å². The Morgan fingerprint density at radius 3 is 2.96 bits per heavy atom. The van der Waals surface area contributed by atoms with Crippen molar-refractivity contribution in [1.29, 1.82) is 0 Å². The summed E-state index contributed by atoms with van der Waals surface area (Å²) in [5.74, 6) is 1.38. The Balaban J connectivity index is 1.29. The number of benzene rings is 1. The minimum Gasteiger partial charge on any atom is -0.461 e. The smallest absolute Gasteiger partial charge is 0.230 e. The van der Waals surface area contributed by atoms with Gasteiger partial charge >= 0.3 is 0 Å². The van der Waals surface area contributed by atoms with Crippen LogP contribution in [0.25, 0.3) is 21.7 Å². The van der Waals surface area contributed by atoms with E-state index in [2.05, 4.69) is 15.5 Å². The van der Waals surface area contributed by atoms with Crippen LogP contribution in [0.3, 0.4) is 0 Å². The Labute approximate surface area is 151 Å². The first-order valence-corrected chi connectivity index (χ1v) is 9.33. The molecule has 0 saturated carbocycles. The van der Waals surface area contributed by atoms with Crippen molar-refractivity contribution in [3.05, 3.63) is 54.4 Å². The molecule has 0 saturated heterocycles. The molecule has 1 amide bonds. The van der Waals surface area contributed by atoms with Crippen LogP contribution in [-0.2, 0) is 11.3 Å². The maximum absolute atomic E-state index is 12.0. The molecule has 0 bridgehead atoms. The maximum atomic E-state index is 12.0. The van der Waals surface area contributed by atoms with E-state index in [1.807, 2.05) is 24.3 Å². The highest BCUT2D eigenvalue weighted by molar-refractivity contribution is 8.01. The van der Waals surface area contributed by atoms with Gasteiger partial charge in [-0.2, -0.15) is 0 Å². The average Bonchev–Trinajstić information content (AvgIpc) is 3.37. The summed E-state index contributed by atoms with van der Waals surface area (Å²) in [6.07, 6.45) is 1.57. The van der Waals surface area contributed by atoms with Gasteiger partial charge in [0.05, 0.1) is 28.8 Å². The molecule has 1 N–H and O–H groups in total. The number of hydrogen-bond acceptors (Lipinski definition) is 7. The largest absolute Gasteiger partial charge is 0.461 e. The third-order valence-corrected chi connectivity index (χ3v) is 5.57. The fraction of sp³-hybridized carbons (Fsp3) is 0.118. The van der Waals surface area contributed by atoms with E-state index < -0.39 is 0 Å². The summed E-state index contributed by atoms with van der Waals surface area (Å²) in [6.45, 7) is 0.309. The molecule has 3 heterocycles. The van der Waals surface area contributed by atoms with Gasteiger partial charge in [0.1, 0.15) is 5.69 Å². The Bertz CT molecular complexity index is 959. The molecule has 0 aliphatic heterocycles. The molecule has 0 aliphatic carbocycles. The Kier molecular flexibility index (Phi) is 4.53. The highest BCUT2D eigenvalue weighted by Gasteiger charge is 2.11. The molecule has 8 heteroatoms. The molecule has 0 spiro atoms. The number of thioether (sulfide) groups is 1. The quantitative estimate of drug-likeness (QED) is 0.517. The van der Waals surface area contributed by atoms with Crippen LogP contribution in [0.5, 0.6) is 0 Å². The van der Waals surface area contributed by atoms with Crippen molar-refractivity contribution in [2.75, 3.05) is 5.75 Å². The van der Waals surface area contributed by atoms with Gasteiger partial charge in [0.15, 0.2) is 10.1 Å². The molecule has 4 aromatic rings. The van der Waals surface area contributed by atoms with E-state index in [9.17, 15) is 4.79 Å². The Morgan fingerprint density at radius 1 is 1.20 bits per heavy atom. The highest BCUT2D eigenvalue weighted by atomic mass is 32.2. The van der Waals surface area contributed by atoms with Crippen molar-refractivity contribution >= 4 is 39.2 Å². The van der Waals surface area contributed by atoms with Crippen molar-refractivity contribution in [3.8, 4) is 11.5 Å². The fourth-order valence-corrected chi connectivity index (χ4v) is 4.11. The second-order valence-electron chi connectivity index (χ2n) is 5.17. The van der Waals surface area contributed by atoms with E-state index >= 15 is 0 Å². The van der Waals surface area contributed by atoms with E-state index in [-0.39, 0.29) is 5.91 Å². The monoisotopic (exact) mass is 371 g/mol. The number of fused-ring (bicyclic) bond motifs is 1. The molecule has 0 fully saturated rings. The van der Waals surface area contributed by atoms with Crippen LogP contribution < -0.4 is 5.32 Å². The fourth-order valence-electron chi connectivity index (χ4n) is 2.21. The number of nitrogens with zero attached hydrogens (tertiary/aromatic N) is 2. The second kappa shape index (κ2) is 7.12. The first-order chi connectivity index (χ1) is 12.3. The molecule has 0 unspecified atom stereocenters. The van der Waals surface area contributed by atoms with Gasteiger partial charge in [0.2, 0.25) is 11.7 Å². The number of hydrogen-bond donors (Lipinski definition) is 1. The zero-order chi connectivity index (χ0) is 17.1. The summed E-state index contributed by atoms with van der Waals surface area (Å²) >= 11 is 3.02. The summed E-state index contributed by atoms with van der Waals surface area (Å²) in [7, 11) is 0. The molecule has 0 aliphatic rings. The van der Waals surface area contributed by atoms with Crippen LogP contribution in [0.4, 0.5) is 0 Å². The first kappa shape index (κ1) is 15.9. The molecular weight excluding hydrogens is 358 g/mol. The van der Waals surface area contributed by atoms with Crippen molar-refractivity contribution in [1.82, 2.24) is 15.5 Å². The number of para-hydroxylation sites is 1. The summed E-state index contributed by atoms with van der Waals surface area (Å²) in [6, 6.07) is 13.3. The van der Waals surface area contributed by atoms with Gasteiger partial charge in [0, 0.05) is 6.07 Å². The lowest BCUT2D eigenvalue weighted by molar-refractivity contribution is -0.118. The lowest BCUT2D eigenvalue weighted by Gasteiger charge is -2.00. The number of rotatable bonds is 6. The molecule has 25 heavy (non-hydrogen) atoms. The second-order valence-corrected chi connectivity index (χ2v) is 7.43. The third kappa shape index (κ3) is 3.75. The number of thiazole rings is 1. The van der Waals surface area contributed by atoms with Gasteiger partial charge < -0.3 is 14.3 Å². The predicted octanol–water partition coefficient (Wildman–Crippen LogP) is 3.95. The summed E-state index contributed by atoms with van der Waals surface area (Å²) in [5.41, 5.74) is 1.60. The van der Waals surface area contributed by atoms with Crippen LogP contribution in [-0.4, -0.2) is 21.8 Å². The number of nitrogens with one attached hydrogen (secondary N) is 1. The first-order valence-electron chi connectivity index (χ1n) is 7.52. The minimum atomic E-state index is -0.0770. The van der Waals surface area contributed by atoms with Crippen LogP contribution in [0.1, 0.15) is 5.69 Å². The lowest BCUT2D eigenvalue weighted by Crippen LogP contribution is -2.24. The number of amides is 1. The van der Waals surface area contributed by atoms with Crippen molar-refractivity contribution in [2.45, 2.75) is 10.9 Å². The van der Waals surface area contributed by atoms with E-state index in [1.54, 1.807) is 35.8 Å². The summed E-state index contributed by atoms with van der Waals surface area (Å²) < 4.78 is 12.4. The zero-order valence-electron chi connectivity index (χ0n) is 13.0. The molecule has 126 valence electrons. The Hall–Kier alpha value is -2.58. The van der Waals surface area contributed by atoms with Gasteiger partial charge in [-0.05, 0) is 24.3 Å². The van der Waals surface area contributed by atoms with Gasteiger partial charge in [0.25, 0.3) is 0 Å². The standard InChI is InChI=1S/C17H13N3O3S2/c21-16(10-24-17-19-12-4-1-2-6-15(12)25-17)18-9-11-8-14(23-20-11)13-5-3-7-22-13/h1-8H,9-10H2,(H,18,21). The highest BCUT2D eigenvalue weighted by Crippen LogP contribution is 2.29. The molecule has 6 nitrogen and oxygen atoms in total. The summed E-state index contributed by atoms with van der Waals surface area (Å²) in [4.78, 5) is 16.5. The molecular formula is C17H13N3O3S2. The van der Waals surface area contributed by atoms with E-state index in [4.69, 9.17) is 8.94 Å². The number of aromatic nitrogens is 2. The SMILES string of the molecule is O=C(CSc1nc2ccccc2s1)NCc1cc(-c2ccco2)on1. The van der Waals surface area contributed by atoms with E-state index in [1.165, 1.54) is 11.8 Å². The van der Waals surface area contributed by atoms with E-state index in [0.29, 0.717) is 29.5 Å². The number of carbonyl (C=O) groups excluding carboxylic acids is 1. The number of carbonyl (C=O) groups is 1. The predicted molar refractivity (Wildman–Crippen MR) is 96.4 cm³/mol. The lowest BCUT2D eigenvalue weighted by atomic mass is 10.3. The van der Waals surface area contributed by atoms with Crippen molar-refractivity contribution < 1.29 is 13.7 Å². The van der Waals surface area contributed by atoms with Gasteiger partial charge in [-0.1, -0.05) is 29.1 Å². The van der Waals surface area contributed by atoms with Crippen LogP contribution >= 0.6 is 23.1 Å². The van der Waals surface area contributed by atoms with E-state index in [0.717, 1.165) is 14.6 Å². The molecule has 1 aromatic carbocycles. The normalized spacial score (nSPS) is 11.0. The van der Waals surface area contributed by atoms with Gasteiger partial charge in [-0.3, -0.25) is 4.79 Å². The third-order valence-electron chi connectivity index (χ3n) is 3.39. The van der Waals surface area contributed by atoms with Gasteiger partial charge in [-0.25, -0.2) is 4.98 Å². The number of furan rings is 1. The minimum absolute atomic E-state index is 0.0770. The molecule has 0 radical (unpaired) electrons. The van der Waals surface area contributed by atoms with Gasteiger partial charge in [-0.15, -0.1) is 11.3 Å². The maximum Gasteiger partial charge on any atom is 0.230 e. The van der Waals surface area contributed by atoms with Crippen molar-refractivity contribution in [2.24, 2.45) is 0 Å². The average molecular weight is 371 g/mol. The van der Waals surface area contributed by atoms with Crippen molar-refractivity contribution in [3.63, 3.8) is 0 Å². The molecule has 3 aromatic heterocycles. The topological polar surface area (TPSA) is 81.2 Å². The Morgan fingerprint density at radius 2 is 2.12 bits per heavy atom. The molecule has 4 rings (SSSR count). The van der Waals surface area contributed by atoms with Crippen LogP contribution in [0.15, 0.2) is 62.0 Å². The summed E-state index contributed by atoms with van der Waals surface area (Å²) in [5, 5.41) is 6.75.